The molecule has 1 saturated heterocycles. The number of urea groups is 1. The van der Waals surface area contributed by atoms with Crippen molar-refractivity contribution in [2.45, 2.75) is 24.3 Å². The Bertz CT molecular complexity index is 753. The Morgan fingerprint density at radius 3 is 2.87 bits per heavy atom. The normalized spacial score (nSPS) is 15.8. The number of imide groups is 1. The number of rotatable bonds is 4. The number of aromatic nitrogens is 3. The second-order valence-corrected chi connectivity index (χ2v) is 6.55. The highest BCUT2D eigenvalue weighted by Crippen LogP contribution is 2.28. The summed E-state index contributed by atoms with van der Waals surface area (Å²) in [5, 5.41) is 11.1. The van der Waals surface area contributed by atoms with E-state index >= 15 is 0 Å². The highest BCUT2D eigenvalue weighted by molar-refractivity contribution is 8.00. The number of hydrogen-bond donors (Lipinski definition) is 1. The van der Waals surface area contributed by atoms with Gasteiger partial charge in [-0.25, -0.2) is 4.79 Å². The molecule has 1 atom stereocenters. The van der Waals surface area contributed by atoms with Crippen LogP contribution in [0.4, 0.5) is 4.79 Å². The van der Waals surface area contributed by atoms with Gasteiger partial charge in [-0.3, -0.25) is 9.69 Å². The third-order valence-electron chi connectivity index (χ3n) is 3.69. The minimum Gasteiger partial charge on any atom is -0.469 e. The lowest BCUT2D eigenvalue weighted by atomic mass is 10.2. The lowest BCUT2D eigenvalue weighted by molar-refractivity contribution is -0.126. The van der Waals surface area contributed by atoms with Crippen LogP contribution in [0.2, 0.25) is 0 Å². The molecule has 2 aromatic rings. The largest absolute Gasteiger partial charge is 0.469 e. The Balaban J connectivity index is 1.76. The Kier molecular flexibility index (Phi) is 4.12. The molecule has 0 aromatic carbocycles. The average molecular weight is 335 g/mol. The summed E-state index contributed by atoms with van der Waals surface area (Å²) in [4.78, 5) is 25.1. The maximum atomic E-state index is 12.3. The first kappa shape index (κ1) is 15.6. The number of aryl methyl sites for hydroxylation is 1. The Morgan fingerprint density at radius 1 is 1.48 bits per heavy atom. The predicted molar refractivity (Wildman–Crippen MR) is 83.9 cm³/mol. The summed E-state index contributed by atoms with van der Waals surface area (Å²) in [7, 11) is 1.84. The van der Waals surface area contributed by atoms with Crippen LogP contribution in [0.15, 0.2) is 21.9 Å². The van der Waals surface area contributed by atoms with E-state index in [2.05, 4.69) is 15.5 Å². The van der Waals surface area contributed by atoms with Crippen molar-refractivity contribution in [3.8, 4) is 11.4 Å². The first-order valence-electron chi connectivity index (χ1n) is 7.18. The van der Waals surface area contributed by atoms with Crippen LogP contribution in [0.5, 0.6) is 0 Å². The van der Waals surface area contributed by atoms with Gasteiger partial charge in [0.25, 0.3) is 0 Å². The molecule has 23 heavy (non-hydrogen) atoms. The summed E-state index contributed by atoms with van der Waals surface area (Å²) in [5.41, 5.74) is 0.866. The number of nitrogens with one attached hydrogen (secondary N) is 1. The quantitative estimate of drug-likeness (QED) is 0.849. The van der Waals surface area contributed by atoms with Crippen molar-refractivity contribution in [1.82, 2.24) is 25.0 Å². The molecule has 0 spiro atoms. The van der Waals surface area contributed by atoms with E-state index < -0.39 is 5.25 Å². The highest BCUT2D eigenvalue weighted by atomic mass is 32.2. The van der Waals surface area contributed by atoms with Crippen molar-refractivity contribution in [3.05, 3.63) is 18.1 Å². The Morgan fingerprint density at radius 2 is 2.26 bits per heavy atom. The van der Waals surface area contributed by atoms with Gasteiger partial charge in [-0.1, -0.05) is 11.8 Å². The van der Waals surface area contributed by atoms with E-state index in [1.54, 1.807) is 13.2 Å². The summed E-state index contributed by atoms with van der Waals surface area (Å²) in [6.07, 6.45) is 1.60. The molecule has 0 saturated carbocycles. The first-order valence-corrected chi connectivity index (χ1v) is 8.06. The third kappa shape index (κ3) is 2.83. The molecule has 9 heteroatoms. The molecule has 2 aromatic heterocycles. The van der Waals surface area contributed by atoms with E-state index in [-0.39, 0.29) is 11.9 Å². The van der Waals surface area contributed by atoms with Gasteiger partial charge in [0.1, 0.15) is 5.76 Å². The summed E-state index contributed by atoms with van der Waals surface area (Å²) in [6.45, 7) is 4.52. The maximum absolute atomic E-state index is 12.3. The molecule has 1 aliphatic heterocycles. The molecule has 1 N–H and O–H groups in total. The summed E-state index contributed by atoms with van der Waals surface area (Å²) < 4.78 is 7.10. The highest BCUT2D eigenvalue weighted by Gasteiger charge is 2.31. The molecule has 0 radical (unpaired) electrons. The van der Waals surface area contributed by atoms with Crippen LogP contribution in [0, 0.1) is 6.92 Å². The number of carbonyl (C=O) groups excluding carboxylic acids is 2. The van der Waals surface area contributed by atoms with Crippen LogP contribution < -0.4 is 5.32 Å². The number of hydrogen-bond acceptors (Lipinski definition) is 6. The van der Waals surface area contributed by atoms with E-state index in [1.165, 1.54) is 16.7 Å². The van der Waals surface area contributed by atoms with Gasteiger partial charge in [0.2, 0.25) is 5.91 Å². The number of nitrogens with zero attached hydrogens (tertiary/aromatic N) is 4. The Hall–Kier alpha value is -2.29. The number of thioether (sulfide) groups is 1. The SMILES string of the molecule is Cc1occc1-c1nnc(S[C@H](C)C(=O)N2CCNC2=O)n1C. The minimum absolute atomic E-state index is 0.228. The fourth-order valence-corrected chi connectivity index (χ4v) is 3.26. The first-order chi connectivity index (χ1) is 11.0. The van der Waals surface area contributed by atoms with Gasteiger partial charge in [-0.15, -0.1) is 10.2 Å². The van der Waals surface area contributed by atoms with Gasteiger partial charge < -0.3 is 14.3 Å². The van der Waals surface area contributed by atoms with Gasteiger partial charge in [0.05, 0.1) is 17.1 Å². The Labute approximate surface area is 137 Å². The molecule has 122 valence electrons. The second kappa shape index (κ2) is 6.07. The molecule has 3 heterocycles. The molecule has 0 aliphatic carbocycles. The molecule has 1 fully saturated rings. The van der Waals surface area contributed by atoms with E-state index in [9.17, 15) is 9.59 Å². The topological polar surface area (TPSA) is 93.3 Å². The zero-order chi connectivity index (χ0) is 16.6. The minimum atomic E-state index is -0.431. The van der Waals surface area contributed by atoms with Crippen LogP contribution in [-0.4, -0.2) is 49.9 Å². The molecule has 3 amide bonds. The third-order valence-corrected chi connectivity index (χ3v) is 4.81. The summed E-state index contributed by atoms with van der Waals surface area (Å²) in [5.74, 6) is 1.21. The van der Waals surface area contributed by atoms with E-state index in [0.29, 0.717) is 24.1 Å². The van der Waals surface area contributed by atoms with E-state index in [4.69, 9.17) is 4.42 Å². The van der Waals surface area contributed by atoms with Crippen molar-refractivity contribution in [2.24, 2.45) is 7.05 Å². The second-order valence-electron chi connectivity index (χ2n) is 5.24. The standard InChI is InChI=1S/C14H17N5O3S/c1-8-10(4-7-22-8)11-16-17-14(18(11)3)23-9(2)12(20)19-6-5-15-13(19)21/h4,7,9H,5-6H2,1-3H3,(H,15,21)/t9-/m1/s1. The van der Waals surface area contributed by atoms with Crippen molar-refractivity contribution in [2.75, 3.05) is 13.1 Å². The van der Waals surface area contributed by atoms with Crippen LogP contribution in [0.25, 0.3) is 11.4 Å². The molecule has 8 nitrogen and oxygen atoms in total. The average Bonchev–Trinajstić information content (AvgIpc) is 3.21. The zero-order valence-electron chi connectivity index (χ0n) is 13.1. The molecule has 3 rings (SSSR count). The monoisotopic (exact) mass is 335 g/mol. The fourth-order valence-electron chi connectivity index (χ4n) is 2.38. The smallest absolute Gasteiger partial charge is 0.324 e. The van der Waals surface area contributed by atoms with Gasteiger partial charge in [0, 0.05) is 20.1 Å². The molecular weight excluding hydrogens is 318 g/mol. The van der Waals surface area contributed by atoms with Crippen molar-refractivity contribution in [3.63, 3.8) is 0 Å². The van der Waals surface area contributed by atoms with Gasteiger partial charge in [0.15, 0.2) is 11.0 Å². The van der Waals surface area contributed by atoms with Crippen LogP contribution in [0.1, 0.15) is 12.7 Å². The van der Waals surface area contributed by atoms with Gasteiger partial charge in [-0.2, -0.15) is 0 Å². The van der Waals surface area contributed by atoms with Gasteiger partial charge in [-0.05, 0) is 19.9 Å². The van der Waals surface area contributed by atoms with E-state index in [0.717, 1.165) is 11.3 Å². The van der Waals surface area contributed by atoms with Crippen LogP contribution in [0.3, 0.4) is 0 Å². The summed E-state index contributed by atoms with van der Waals surface area (Å²) >= 11 is 1.28. The molecule has 0 unspecified atom stereocenters. The predicted octanol–water partition coefficient (Wildman–Crippen LogP) is 1.42. The molecule has 0 bridgehead atoms. The van der Waals surface area contributed by atoms with Gasteiger partial charge >= 0.3 is 6.03 Å². The van der Waals surface area contributed by atoms with Crippen LogP contribution >= 0.6 is 11.8 Å². The number of amides is 3. The maximum Gasteiger partial charge on any atom is 0.324 e. The van der Waals surface area contributed by atoms with E-state index in [1.807, 2.05) is 24.6 Å². The number of furan rings is 1. The molecule has 1 aliphatic rings. The van der Waals surface area contributed by atoms with Crippen molar-refractivity contribution < 1.29 is 14.0 Å². The summed E-state index contributed by atoms with van der Waals surface area (Å²) in [6, 6.07) is 1.49. The zero-order valence-corrected chi connectivity index (χ0v) is 13.9. The van der Waals surface area contributed by atoms with Crippen molar-refractivity contribution >= 4 is 23.7 Å². The van der Waals surface area contributed by atoms with Crippen LogP contribution in [-0.2, 0) is 11.8 Å². The molecular formula is C14H17N5O3S. The lowest BCUT2D eigenvalue weighted by Crippen LogP contribution is -2.39. The lowest BCUT2D eigenvalue weighted by Gasteiger charge is -2.16. The number of carbonyl (C=O) groups is 2. The fraction of sp³-hybridized carbons (Fsp3) is 0.429. The van der Waals surface area contributed by atoms with Crippen molar-refractivity contribution in [1.29, 1.82) is 0 Å².